The zero-order chi connectivity index (χ0) is 54.3. The van der Waals surface area contributed by atoms with Crippen molar-refractivity contribution in [3.05, 3.63) is 170 Å². The lowest BCUT2D eigenvalue weighted by molar-refractivity contribution is -0.166. The first-order valence-electron chi connectivity index (χ1n) is 29.6. The molecule has 0 bridgehead atoms. The number of carbonyl (C=O) groups excluding carboxylic acids is 3. The van der Waals surface area contributed by atoms with Crippen molar-refractivity contribution in [3.63, 3.8) is 0 Å². The highest BCUT2D eigenvalue weighted by atomic mass is 16.6. The lowest BCUT2D eigenvalue weighted by Crippen LogP contribution is -2.30. The van der Waals surface area contributed by atoms with E-state index < -0.39 is 12.1 Å². The molecule has 0 radical (unpaired) electrons. The second-order valence-corrected chi connectivity index (χ2v) is 18.8. The molecule has 0 heterocycles. The molecule has 1 unspecified atom stereocenters. The van der Waals surface area contributed by atoms with Gasteiger partial charge in [0.15, 0.2) is 6.10 Å². The van der Waals surface area contributed by atoms with Gasteiger partial charge in [-0.05, 0) is 135 Å². The molecule has 6 heteroatoms. The van der Waals surface area contributed by atoms with E-state index in [0.29, 0.717) is 6.42 Å². The van der Waals surface area contributed by atoms with Crippen LogP contribution in [0, 0.1) is 0 Å². The Balaban J connectivity index is 4.58. The maximum Gasteiger partial charge on any atom is 0.309 e. The molecule has 0 aliphatic rings. The molecule has 6 nitrogen and oxygen atoms in total. The monoisotopic (exact) mass is 1030 g/mol. The number of rotatable bonds is 51. The van der Waals surface area contributed by atoms with E-state index in [9.17, 15) is 14.4 Å². The van der Waals surface area contributed by atoms with E-state index in [1.807, 2.05) is 6.08 Å². The summed E-state index contributed by atoms with van der Waals surface area (Å²) in [5, 5.41) is 0. The number of carbonyl (C=O) groups is 3. The molecular formula is C69H106O6. The van der Waals surface area contributed by atoms with Crippen LogP contribution in [0.3, 0.4) is 0 Å². The van der Waals surface area contributed by atoms with Crippen LogP contribution in [0.15, 0.2) is 170 Å². The fourth-order valence-corrected chi connectivity index (χ4v) is 7.35. The molecule has 0 amide bonds. The second-order valence-electron chi connectivity index (χ2n) is 18.8. The highest BCUT2D eigenvalue weighted by Gasteiger charge is 2.19. The average Bonchev–Trinajstić information content (AvgIpc) is 3.41. The highest BCUT2D eigenvalue weighted by molar-refractivity contribution is 5.72. The number of ether oxygens (including phenoxy) is 3. The van der Waals surface area contributed by atoms with Crippen molar-refractivity contribution in [1.82, 2.24) is 0 Å². The largest absolute Gasteiger partial charge is 0.462 e. The zero-order valence-electron chi connectivity index (χ0n) is 47.7. The number of hydrogen-bond donors (Lipinski definition) is 0. The van der Waals surface area contributed by atoms with Crippen LogP contribution in [0.1, 0.15) is 226 Å². The smallest absolute Gasteiger partial charge is 0.309 e. The Morgan fingerprint density at radius 2 is 0.573 bits per heavy atom. The van der Waals surface area contributed by atoms with Gasteiger partial charge < -0.3 is 14.2 Å². The predicted molar refractivity (Wildman–Crippen MR) is 325 cm³/mol. The Kier molecular flexibility index (Phi) is 57.0. The van der Waals surface area contributed by atoms with Crippen LogP contribution in [0.4, 0.5) is 0 Å². The van der Waals surface area contributed by atoms with Gasteiger partial charge in [0.25, 0.3) is 0 Å². The zero-order valence-corrected chi connectivity index (χ0v) is 47.7. The van der Waals surface area contributed by atoms with E-state index in [0.717, 1.165) is 148 Å². The van der Waals surface area contributed by atoms with Crippen molar-refractivity contribution in [2.75, 3.05) is 13.2 Å². The lowest BCUT2D eigenvalue weighted by Gasteiger charge is -2.18. The van der Waals surface area contributed by atoms with Crippen molar-refractivity contribution in [2.24, 2.45) is 0 Å². The van der Waals surface area contributed by atoms with Gasteiger partial charge in [-0.15, -0.1) is 0 Å². The van der Waals surface area contributed by atoms with Gasteiger partial charge in [-0.2, -0.15) is 0 Å². The third-order valence-electron chi connectivity index (χ3n) is 11.7. The third kappa shape index (κ3) is 59.5. The van der Waals surface area contributed by atoms with Gasteiger partial charge in [-0.3, -0.25) is 14.4 Å². The van der Waals surface area contributed by atoms with Crippen molar-refractivity contribution in [1.29, 1.82) is 0 Å². The molecule has 0 aliphatic carbocycles. The summed E-state index contributed by atoms with van der Waals surface area (Å²) in [6.07, 6.45) is 90.8. The van der Waals surface area contributed by atoms with Gasteiger partial charge in [-0.25, -0.2) is 0 Å². The van der Waals surface area contributed by atoms with Gasteiger partial charge in [0.2, 0.25) is 0 Å². The van der Waals surface area contributed by atoms with Gasteiger partial charge in [0.1, 0.15) is 13.2 Å². The summed E-state index contributed by atoms with van der Waals surface area (Å²) in [6.45, 7) is 6.25. The summed E-state index contributed by atoms with van der Waals surface area (Å²) in [5.41, 5.74) is 0. The van der Waals surface area contributed by atoms with Crippen LogP contribution in [0.2, 0.25) is 0 Å². The van der Waals surface area contributed by atoms with Crippen molar-refractivity contribution in [3.8, 4) is 0 Å². The molecule has 75 heavy (non-hydrogen) atoms. The first-order valence-corrected chi connectivity index (χ1v) is 29.6. The minimum atomic E-state index is -0.846. The first kappa shape index (κ1) is 69.8. The Morgan fingerprint density at radius 1 is 0.293 bits per heavy atom. The molecule has 418 valence electrons. The Hall–Kier alpha value is -5.23. The number of unbranched alkanes of at least 4 members (excludes halogenated alkanes) is 13. The topological polar surface area (TPSA) is 78.9 Å². The van der Waals surface area contributed by atoms with E-state index in [1.165, 1.54) is 38.5 Å². The Labute approximate surface area is 460 Å². The second kappa shape index (κ2) is 61.3. The summed E-state index contributed by atoms with van der Waals surface area (Å²) in [7, 11) is 0. The van der Waals surface area contributed by atoms with E-state index in [4.69, 9.17) is 14.2 Å². The molecule has 0 aromatic heterocycles. The molecule has 1 atom stereocenters. The van der Waals surface area contributed by atoms with Gasteiger partial charge in [0, 0.05) is 12.8 Å². The summed E-state index contributed by atoms with van der Waals surface area (Å²) in [4.78, 5) is 38.2. The molecule has 0 saturated carbocycles. The van der Waals surface area contributed by atoms with Gasteiger partial charge in [-0.1, -0.05) is 242 Å². The molecule has 0 rings (SSSR count). The summed E-state index contributed by atoms with van der Waals surface area (Å²) in [6, 6.07) is 0. The predicted octanol–water partition coefficient (Wildman–Crippen LogP) is 20.3. The van der Waals surface area contributed by atoms with Crippen LogP contribution < -0.4 is 0 Å². The Morgan fingerprint density at radius 3 is 0.933 bits per heavy atom. The van der Waals surface area contributed by atoms with Gasteiger partial charge >= 0.3 is 17.9 Å². The SMILES string of the molecule is CC/C=C\C/C=C\C/C=C\C/C=C\C/C=C\C/C=C\CCCCCCC(=O)OCC(COC(=O)C/C=C\C/C=C\C/C=C\C/C=C\C/C=C\CC)OC(=O)CCCCCCCC/C=C\C/C=C\C/C=C\CCCCC. The lowest BCUT2D eigenvalue weighted by atomic mass is 10.1. The summed E-state index contributed by atoms with van der Waals surface area (Å²) in [5.74, 6) is -1.11. The van der Waals surface area contributed by atoms with Crippen LogP contribution in [-0.4, -0.2) is 37.2 Å². The van der Waals surface area contributed by atoms with E-state index >= 15 is 0 Å². The maximum absolute atomic E-state index is 12.9. The van der Waals surface area contributed by atoms with E-state index in [1.54, 1.807) is 6.08 Å². The molecule has 0 N–H and O–H groups in total. The highest BCUT2D eigenvalue weighted by Crippen LogP contribution is 2.12. The fourth-order valence-electron chi connectivity index (χ4n) is 7.35. The maximum atomic E-state index is 12.9. The molecule has 0 spiro atoms. The third-order valence-corrected chi connectivity index (χ3v) is 11.7. The average molecular weight is 1030 g/mol. The molecule has 0 aromatic rings. The van der Waals surface area contributed by atoms with Crippen LogP contribution in [-0.2, 0) is 28.6 Å². The van der Waals surface area contributed by atoms with Crippen molar-refractivity contribution in [2.45, 2.75) is 232 Å². The first-order chi connectivity index (χ1) is 37.0. The Bertz CT molecular complexity index is 1750. The van der Waals surface area contributed by atoms with Crippen LogP contribution in [0.25, 0.3) is 0 Å². The van der Waals surface area contributed by atoms with Crippen LogP contribution in [0.5, 0.6) is 0 Å². The fraction of sp³-hybridized carbons (Fsp3) is 0.551. The standard InChI is InChI=1S/C69H106O6/c1-4-7-10-13-16-19-22-25-28-30-32-33-34-35-37-38-41-44-47-50-53-56-59-62-68(71)74-65-66(64-73-67(70)61-58-55-52-49-46-43-40-27-24-21-18-15-12-9-6-3)75-69(72)63-60-57-54-51-48-45-42-39-36-31-29-26-23-20-17-14-11-8-5-2/h7,9-10,12,16-21,25-29,32-33,35-37,39-41,44,46,49,55,58,66H,4-6,8,11,13-15,22-24,30-31,34,38,42-43,45,47-48,50-54,56-57,59-65H2,1-3H3/b10-7-,12-9-,19-16-,20-17-,21-18-,28-25-,29-26-,33-32-,37-35-,39-36-,40-27-,44-41-,49-46-,58-55-. The van der Waals surface area contributed by atoms with Crippen LogP contribution >= 0.6 is 0 Å². The molecular weight excluding hydrogens is 925 g/mol. The molecule has 0 fully saturated rings. The van der Waals surface area contributed by atoms with E-state index in [-0.39, 0.29) is 38.0 Å². The van der Waals surface area contributed by atoms with Gasteiger partial charge in [0.05, 0.1) is 6.42 Å². The molecule has 0 aromatic carbocycles. The minimum absolute atomic E-state index is 0.110. The summed E-state index contributed by atoms with van der Waals surface area (Å²) < 4.78 is 16.7. The number of esters is 3. The minimum Gasteiger partial charge on any atom is -0.462 e. The number of hydrogen-bond acceptors (Lipinski definition) is 6. The normalized spacial score (nSPS) is 13.4. The van der Waals surface area contributed by atoms with E-state index in [2.05, 4.69) is 179 Å². The quantitative estimate of drug-likeness (QED) is 0.0261. The number of allylic oxidation sites excluding steroid dienone is 27. The molecule has 0 saturated heterocycles. The van der Waals surface area contributed by atoms with Crippen molar-refractivity contribution >= 4 is 17.9 Å². The molecule has 0 aliphatic heterocycles. The van der Waals surface area contributed by atoms with Crippen molar-refractivity contribution < 1.29 is 28.6 Å². The summed E-state index contributed by atoms with van der Waals surface area (Å²) >= 11 is 0.